The fourth-order valence-electron chi connectivity index (χ4n) is 3.00. The number of Topliss-reactive ketones (excluding diaryl/α,β-unsaturated/α-hetero) is 1. The van der Waals surface area contributed by atoms with E-state index in [1.165, 1.54) is 25.7 Å². The molecule has 0 aromatic heterocycles. The van der Waals surface area contributed by atoms with Gasteiger partial charge < -0.3 is 4.79 Å². The molecular weight excluding hydrogens is 136 g/mol. The van der Waals surface area contributed by atoms with Crippen LogP contribution in [-0.4, -0.2) is 5.78 Å². The van der Waals surface area contributed by atoms with Gasteiger partial charge >= 0.3 is 0 Å². The van der Waals surface area contributed by atoms with E-state index in [-0.39, 0.29) is 0 Å². The summed E-state index contributed by atoms with van der Waals surface area (Å²) in [6, 6.07) is 0. The maximum absolute atomic E-state index is 10.9. The molecule has 0 radical (unpaired) electrons. The first-order chi connectivity index (χ1) is 5.25. The maximum Gasteiger partial charge on any atom is 0.130 e. The lowest BCUT2D eigenvalue weighted by molar-refractivity contribution is -0.118. The van der Waals surface area contributed by atoms with Crippen molar-refractivity contribution in [3.05, 3.63) is 0 Å². The Kier molecular flexibility index (Phi) is 1.74. The van der Waals surface area contributed by atoms with Crippen LogP contribution in [-0.2, 0) is 4.79 Å². The predicted molar refractivity (Wildman–Crippen MR) is 44.2 cm³/mol. The number of carbonyl (C=O) groups is 1. The van der Waals surface area contributed by atoms with Crippen LogP contribution in [0.1, 0.15) is 39.0 Å². The SMILES string of the molecule is CC(=O)C[C@@H]1C[C@@H]2CC[C@@H]1C2. The first-order valence-corrected chi connectivity index (χ1v) is 4.75. The molecule has 0 spiro atoms. The fraction of sp³-hybridized carbons (Fsp3) is 0.900. The number of ketones is 1. The fourth-order valence-corrected chi connectivity index (χ4v) is 3.00. The van der Waals surface area contributed by atoms with Crippen molar-refractivity contribution in [2.45, 2.75) is 39.0 Å². The third-order valence-electron chi connectivity index (χ3n) is 3.43. The van der Waals surface area contributed by atoms with Crippen molar-refractivity contribution in [1.82, 2.24) is 0 Å². The molecule has 1 nitrogen and oxygen atoms in total. The van der Waals surface area contributed by atoms with Crippen LogP contribution in [0.5, 0.6) is 0 Å². The molecule has 0 unspecified atom stereocenters. The highest BCUT2D eigenvalue weighted by Crippen LogP contribution is 2.49. The lowest BCUT2D eigenvalue weighted by atomic mass is 9.85. The molecule has 62 valence electrons. The Morgan fingerprint density at radius 3 is 2.64 bits per heavy atom. The molecule has 2 rings (SSSR count). The maximum atomic E-state index is 10.9. The van der Waals surface area contributed by atoms with Gasteiger partial charge in [-0.1, -0.05) is 6.42 Å². The van der Waals surface area contributed by atoms with Crippen LogP contribution in [0, 0.1) is 17.8 Å². The minimum atomic E-state index is 0.391. The van der Waals surface area contributed by atoms with Gasteiger partial charge in [0.2, 0.25) is 0 Å². The van der Waals surface area contributed by atoms with Gasteiger partial charge in [-0.15, -0.1) is 0 Å². The van der Waals surface area contributed by atoms with E-state index in [4.69, 9.17) is 0 Å². The summed E-state index contributed by atoms with van der Waals surface area (Å²) in [5.41, 5.74) is 0. The Labute approximate surface area is 68.2 Å². The Morgan fingerprint density at radius 2 is 2.18 bits per heavy atom. The highest BCUT2D eigenvalue weighted by molar-refractivity contribution is 5.75. The first kappa shape index (κ1) is 7.33. The molecule has 2 saturated carbocycles. The third-order valence-corrected chi connectivity index (χ3v) is 3.43. The molecule has 2 fully saturated rings. The van der Waals surface area contributed by atoms with Crippen LogP contribution >= 0.6 is 0 Å². The van der Waals surface area contributed by atoms with Crippen LogP contribution < -0.4 is 0 Å². The van der Waals surface area contributed by atoms with Gasteiger partial charge in [0, 0.05) is 6.42 Å². The van der Waals surface area contributed by atoms with Gasteiger partial charge in [-0.25, -0.2) is 0 Å². The molecule has 0 aromatic rings. The normalized spacial score (nSPS) is 41.4. The molecule has 2 aliphatic rings. The zero-order valence-corrected chi connectivity index (χ0v) is 7.18. The second kappa shape index (κ2) is 2.62. The molecule has 2 bridgehead atoms. The molecule has 0 aliphatic heterocycles. The quantitative estimate of drug-likeness (QED) is 0.593. The van der Waals surface area contributed by atoms with Crippen molar-refractivity contribution in [2.75, 3.05) is 0 Å². The number of rotatable bonds is 2. The molecule has 0 saturated heterocycles. The monoisotopic (exact) mass is 152 g/mol. The van der Waals surface area contributed by atoms with Gasteiger partial charge in [-0.05, 0) is 43.9 Å². The zero-order valence-electron chi connectivity index (χ0n) is 7.18. The second-order valence-electron chi connectivity index (χ2n) is 4.34. The molecule has 0 heterocycles. The summed E-state index contributed by atoms with van der Waals surface area (Å²) in [5, 5.41) is 0. The van der Waals surface area contributed by atoms with Crippen LogP contribution in [0.2, 0.25) is 0 Å². The van der Waals surface area contributed by atoms with Crippen molar-refractivity contribution >= 4 is 5.78 Å². The summed E-state index contributed by atoms with van der Waals surface area (Å²) in [6.45, 7) is 1.73. The van der Waals surface area contributed by atoms with Crippen LogP contribution in [0.3, 0.4) is 0 Å². The van der Waals surface area contributed by atoms with E-state index in [9.17, 15) is 4.79 Å². The van der Waals surface area contributed by atoms with Crippen LogP contribution in [0.15, 0.2) is 0 Å². The summed E-state index contributed by atoms with van der Waals surface area (Å²) in [7, 11) is 0. The summed E-state index contributed by atoms with van der Waals surface area (Å²) >= 11 is 0. The van der Waals surface area contributed by atoms with E-state index in [0.717, 1.165) is 24.2 Å². The van der Waals surface area contributed by atoms with Crippen molar-refractivity contribution in [3.8, 4) is 0 Å². The van der Waals surface area contributed by atoms with Gasteiger partial charge in [-0.3, -0.25) is 0 Å². The van der Waals surface area contributed by atoms with Gasteiger partial charge in [0.05, 0.1) is 0 Å². The Bertz CT molecular complexity index is 174. The summed E-state index contributed by atoms with van der Waals surface area (Å²) in [6.07, 6.45) is 6.49. The van der Waals surface area contributed by atoms with Crippen LogP contribution in [0.4, 0.5) is 0 Å². The van der Waals surface area contributed by atoms with Crippen molar-refractivity contribution in [2.24, 2.45) is 17.8 Å². The molecule has 11 heavy (non-hydrogen) atoms. The van der Waals surface area contributed by atoms with E-state index in [1.807, 2.05) is 0 Å². The minimum Gasteiger partial charge on any atom is -0.300 e. The molecule has 0 N–H and O–H groups in total. The van der Waals surface area contributed by atoms with Gasteiger partial charge in [-0.2, -0.15) is 0 Å². The van der Waals surface area contributed by atoms with Gasteiger partial charge in [0.1, 0.15) is 5.78 Å². The molecule has 2 aliphatic carbocycles. The predicted octanol–water partition coefficient (Wildman–Crippen LogP) is 2.40. The molecule has 1 heteroatoms. The summed E-state index contributed by atoms with van der Waals surface area (Å²) in [5.74, 6) is 3.07. The highest BCUT2D eigenvalue weighted by atomic mass is 16.1. The van der Waals surface area contributed by atoms with Crippen molar-refractivity contribution < 1.29 is 4.79 Å². The number of fused-ring (bicyclic) bond motifs is 2. The second-order valence-corrected chi connectivity index (χ2v) is 4.34. The number of carbonyl (C=O) groups excluding carboxylic acids is 1. The van der Waals surface area contributed by atoms with Gasteiger partial charge in [0.15, 0.2) is 0 Å². The standard InChI is InChI=1S/C10H16O/c1-7(11)4-10-6-8-2-3-9(10)5-8/h8-10H,2-6H2,1H3/t8-,9-,10-/m1/s1. The minimum absolute atomic E-state index is 0.391. The third kappa shape index (κ3) is 1.33. The lowest BCUT2D eigenvalue weighted by Crippen LogP contribution is -2.13. The van der Waals surface area contributed by atoms with Crippen molar-refractivity contribution in [1.29, 1.82) is 0 Å². The molecule has 3 atom stereocenters. The van der Waals surface area contributed by atoms with Crippen LogP contribution in [0.25, 0.3) is 0 Å². The zero-order chi connectivity index (χ0) is 7.84. The summed E-state index contributed by atoms with van der Waals surface area (Å²) < 4.78 is 0. The largest absolute Gasteiger partial charge is 0.300 e. The number of hydrogen-bond acceptors (Lipinski definition) is 1. The Hall–Kier alpha value is -0.330. The topological polar surface area (TPSA) is 17.1 Å². The Balaban J connectivity index is 1.92. The average Bonchev–Trinajstić information content (AvgIpc) is 2.45. The number of hydrogen-bond donors (Lipinski definition) is 0. The average molecular weight is 152 g/mol. The molecular formula is C10H16O. The van der Waals surface area contributed by atoms with E-state index in [0.29, 0.717) is 5.78 Å². The van der Waals surface area contributed by atoms with E-state index in [2.05, 4.69) is 0 Å². The Morgan fingerprint density at radius 1 is 1.36 bits per heavy atom. The highest BCUT2D eigenvalue weighted by Gasteiger charge is 2.39. The smallest absolute Gasteiger partial charge is 0.130 e. The molecule has 0 aromatic carbocycles. The lowest BCUT2D eigenvalue weighted by Gasteiger charge is -2.19. The van der Waals surface area contributed by atoms with E-state index >= 15 is 0 Å². The van der Waals surface area contributed by atoms with Crippen molar-refractivity contribution in [3.63, 3.8) is 0 Å². The summed E-state index contributed by atoms with van der Waals surface area (Å²) in [4.78, 5) is 10.9. The van der Waals surface area contributed by atoms with Gasteiger partial charge in [0.25, 0.3) is 0 Å². The first-order valence-electron chi connectivity index (χ1n) is 4.75. The van der Waals surface area contributed by atoms with E-state index in [1.54, 1.807) is 6.92 Å². The molecule has 0 amide bonds. The van der Waals surface area contributed by atoms with E-state index < -0.39 is 0 Å².